The summed E-state index contributed by atoms with van der Waals surface area (Å²) < 4.78 is 7.46. The van der Waals surface area contributed by atoms with Crippen LogP contribution >= 0.6 is 0 Å². The van der Waals surface area contributed by atoms with Crippen molar-refractivity contribution < 1.29 is 9.21 Å². The van der Waals surface area contributed by atoms with Crippen LogP contribution in [0.3, 0.4) is 0 Å². The van der Waals surface area contributed by atoms with E-state index >= 15 is 0 Å². The molecular weight excluding hydrogens is 368 g/mol. The largest absolute Gasteiger partial charge is 0.445 e. The van der Waals surface area contributed by atoms with Gasteiger partial charge in [0.05, 0.1) is 11.6 Å². The number of hydrogen-bond donors (Lipinski definition) is 2. The molecule has 0 radical (unpaired) electrons. The summed E-state index contributed by atoms with van der Waals surface area (Å²) in [6.07, 6.45) is 2.41. The van der Waals surface area contributed by atoms with E-state index in [1.165, 1.54) is 0 Å². The minimum absolute atomic E-state index is 0.108. The van der Waals surface area contributed by atoms with Gasteiger partial charge in [-0.1, -0.05) is 51.1 Å². The number of anilines is 1. The monoisotopic (exact) mass is 392 g/mol. The summed E-state index contributed by atoms with van der Waals surface area (Å²) in [5, 5.41) is 15.5. The molecule has 8 nitrogen and oxygen atoms in total. The lowest BCUT2D eigenvalue weighted by Gasteiger charge is -2.13. The molecule has 29 heavy (non-hydrogen) atoms. The van der Waals surface area contributed by atoms with Crippen LogP contribution in [0.2, 0.25) is 0 Å². The highest BCUT2D eigenvalue weighted by Gasteiger charge is 2.21. The molecule has 0 saturated heterocycles. The summed E-state index contributed by atoms with van der Waals surface area (Å²) in [5.41, 5.74) is 2.31. The van der Waals surface area contributed by atoms with Crippen molar-refractivity contribution in [1.29, 1.82) is 0 Å². The molecule has 0 aliphatic heterocycles. The number of aromatic amines is 1. The average Bonchev–Trinajstić information content (AvgIpc) is 3.39. The number of aromatic nitrogens is 5. The zero-order valence-corrected chi connectivity index (χ0v) is 17.0. The number of carbonyl (C=O) groups excluding carboxylic acids is 1. The van der Waals surface area contributed by atoms with E-state index in [-0.39, 0.29) is 17.7 Å². The van der Waals surface area contributed by atoms with Crippen molar-refractivity contribution in [3.05, 3.63) is 48.2 Å². The summed E-state index contributed by atoms with van der Waals surface area (Å²) >= 11 is 0. The smallest absolute Gasteiger partial charge is 0.226 e. The van der Waals surface area contributed by atoms with Crippen LogP contribution in [-0.2, 0) is 23.7 Å². The second-order valence-electron chi connectivity index (χ2n) is 8.05. The van der Waals surface area contributed by atoms with Gasteiger partial charge in [0.1, 0.15) is 17.3 Å². The zero-order valence-electron chi connectivity index (χ0n) is 17.0. The number of H-pyrrole nitrogens is 1. The minimum atomic E-state index is -0.145. The highest BCUT2D eigenvalue weighted by atomic mass is 16.4. The molecule has 1 aromatic carbocycles. The van der Waals surface area contributed by atoms with Gasteiger partial charge in [0.25, 0.3) is 0 Å². The van der Waals surface area contributed by atoms with Gasteiger partial charge in [-0.05, 0) is 0 Å². The van der Waals surface area contributed by atoms with Crippen LogP contribution in [0.1, 0.15) is 38.8 Å². The number of oxazole rings is 1. The Morgan fingerprint density at radius 1 is 1.24 bits per heavy atom. The summed E-state index contributed by atoms with van der Waals surface area (Å²) in [6.45, 7) is 6.18. The zero-order chi connectivity index (χ0) is 20.6. The van der Waals surface area contributed by atoms with Gasteiger partial charge >= 0.3 is 0 Å². The van der Waals surface area contributed by atoms with E-state index in [2.05, 4.69) is 46.4 Å². The Morgan fingerprint density at radius 3 is 2.69 bits per heavy atom. The lowest BCUT2D eigenvalue weighted by Crippen LogP contribution is -2.13. The molecule has 1 amide bonds. The molecule has 3 heterocycles. The molecule has 8 heteroatoms. The lowest BCUT2D eigenvalue weighted by atomic mass is 9.94. The number of fused-ring (bicyclic) bond motifs is 1. The molecule has 0 fully saturated rings. The molecule has 4 aromatic rings. The molecule has 0 atom stereocenters. The topological polar surface area (TPSA) is 102 Å². The molecule has 2 N–H and O–H groups in total. The van der Waals surface area contributed by atoms with Crippen LogP contribution < -0.4 is 5.32 Å². The maximum atomic E-state index is 12.5. The van der Waals surface area contributed by atoms with Gasteiger partial charge in [0.15, 0.2) is 11.5 Å². The predicted octanol–water partition coefficient (Wildman–Crippen LogP) is 3.82. The highest BCUT2D eigenvalue weighted by Crippen LogP contribution is 2.31. The van der Waals surface area contributed by atoms with Crippen LogP contribution in [-0.4, -0.2) is 30.9 Å². The second-order valence-corrected chi connectivity index (χ2v) is 8.05. The van der Waals surface area contributed by atoms with Crippen molar-refractivity contribution >= 4 is 22.8 Å². The number of amides is 1. The van der Waals surface area contributed by atoms with Crippen LogP contribution in [0, 0.1) is 0 Å². The molecule has 0 saturated carbocycles. The average molecular weight is 392 g/mol. The molecule has 3 aromatic heterocycles. The van der Waals surface area contributed by atoms with E-state index in [0.29, 0.717) is 23.8 Å². The van der Waals surface area contributed by atoms with Gasteiger partial charge in [-0.2, -0.15) is 10.2 Å². The number of rotatable bonds is 5. The Kier molecular flexibility index (Phi) is 4.70. The van der Waals surface area contributed by atoms with Gasteiger partial charge in [-0.3, -0.25) is 9.89 Å². The van der Waals surface area contributed by atoms with E-state index < -0.39 is 0 Å². The van der Waals surface area contributed by atoms with E-state index in [1.807, 2.05) is 37.4 Å². The molecule has 0 aliphatic rings. The maximum Gasteiger partial charge on any atom is 0.226 e. The maximum absolute atomic E-state index is 12.5. The highest BCUT2D eigenvalue weighted by molar-refractivity contribution is 6.04. The standard InChI is InChI=1S/C21H24N6O2/c1-21(2,3)14-12-22-16(29-14)11-10-15(28)23-19-17-18(13-8-6-5-7-9-13)26-27(4)20(17)25-24-19/h5-9,12H,10-11H2,1-4H3,(H2,23,24,25,28). The first-order valence-corrected chi connectivity index (χ1v) is 9.54. The molecule has 0 unspecified atom stereocenters. The van der Waals surface area contributed by atoms with Crippen molar-refractivity contribution in [3.8, 4) is 11.3 Å². The van der Waals surface area contributed by atoms with Crippen molar-refractivity contribution in [3.63, 3.8) is 0 Å². The minimum Gasteiger partial charge on any atom is -0.445 e. The van der Waals surface area contributed by atoms with Gasteiger partial charge in [-0.15, -0.1) is 0 Å². The fourth-order valence-electron chi connectivity index (χ4n) is 3.12. The normalized spacial score (nSPS) is 11.9. The van der Waals surface area contributed by atoms with Crippen molar-refractivity contribution in [2.24, 2.45) is 7.05 Å². The molecule has 0 spiro atoms. The Bertz CT molecular complexity index is 1150. The summed E-state index contributed by atoms with van der Waals surface area (Å²) in [4.78, 5) is 16.8. The molecule has 0 bridgehead atoms. The fourth-order valence-corrected chi connectivity index (χ4v) is 3.12. The second kappa shape index (κ2) is 7.20. The Balaban J connectivity index is 1.51. The predicted molar refractivity (Wildman–Crippen MR) is 110 cm³/mol. The van der Waals surface area contributed by atoms with Crippen molar-refractivity contribution in [2.75, 3.05) is 5.32 Å². The molecule has 0 aliphatic carbocycles. The van der Waals surface area contributed by atoms with E-state index in [9.17, 15) is 4.79 Å². The third-order valence-electron chi connectivity index (χ3n) is 4.71. The fraction of sp³-hybridized carbons (Fsp3) is 0.333. The Hall–Kier alpha value is -3.42. The number of nitrogens with zero attached hydrogens (tertiary/aromatic N) is 4. The van der Waals surface area contributed by atoms with Crippen LogP contribution in [0.4, 0.5) is 5.82 Å². The third-order valence-corrected chi connectivity index (χ3v) is 4.71. The van der Waals surface area contributed by atoms with E-state index in [4.69, 9.17) is 4.42 Å². The molecule has 4 rings (SSSR count). The third kappa shape index (κ3) is 3.78. The Morgan fingerprint density at radius 2 is 2.00 bits per heavy atom. The van der Waals surface area contributed by atoms with Gasteiger partial charge < -0.3 is 9.73 Å². The first-order valence-electron chi connectivity index (χ1n) is 9.54. The first kappa shape index (κ1) is 18.9. The van der Waals surface area contributed by atoms with Crippen LogP contribution in [0.5, 0.6) is 0 Å². The SMILES string of the molecule is Cn1nc(-c2ccccc2)c2c(NC(=O)CCc3ncc(C(C)(C)C)o3)[nH]nc21. The van der Waals surface area contributed by atoms with Crippen molar-refractivity contribution in [1.82, 2.24) is 25.0 Å². The quantitative estimate of drug-likeness (QED) is 0.538. The summed E-state index contributed by atoms with van der Waals surface area (Å²) in [5.74, 6) is 1.77. The number of hydrogen-bond acceptors (Lipinski definition) is 5. The van der Waals surface area contributed by atoms with Gasteiger partial charge in [-0.25, -0.2) is 9.67 Å². The van der Waals surface area contributed by atoms with Crippen LogP contribution in [0.25, 0.3) is 22.3 Å². The summed E-state index contributed by atoms with van der Waals surface area (Å²) in [7, 11) is 1.83. The number of carbonyl (C=O) groups is 1. The van der Waals surface area contributed by atoms with Gasteiger partial charge in [0, 0.05) is 30.9 Å². The van der Waals surface area contributed by atoms with Crippen LogP contribution in [0.15, 0.2) is 40.9 Å². The Labute approximate surface area is 168 Å². The molecule has 150 valence electrons. The van der Waals surface area contributed by atoms with Gasteiger partial charge in [0.2, 0.25) is 5.91 Å². The number of benzene rings is 1. The summed E-state index contributed by atoms with van der Waals surface area (Å²) in [6, 6.07) is 9.83. The number of nitrogens with one attached hydrogen (secondary N) is 2. The lowest BCUT2D eigenvalue weighted by molar-refractivity contribution is -0.116. The van der Waals surface area contributed by atoms with E-state index in [1.54, 1.807) is 10.9 Å². The molecular formula is C21H24N6O2. The first-order chi connectivity index (χ1) is 13.8. The number of aryl methyl sites for hydroxylation is 2. The van der Waals surface area contributed by atoms with Crippen molar-refractivity contribution in [2.45, 2.75) is 39.0 Å². The van der Waals surface area contributed by atoms with E-state index in [0.717, 1.165) is 22.4 Å².